The average molecular weight is 330 g/mol. The van der Waals surface area contributed by atoms with E-state index >= 15 is 0 Å². The lowest BCUT2D eigenvalue weighted by Gasteiger charge is -2.12. The van der Waals surface area contributed by atoms with Crippen molar-refractivity contribution in [3.63, 3.8) is 0 Å². The number of carboxylic acid groups (broad SMARTS) is 1. The number of hydrogen-bond acceptors (Lipinski definition) is 3. The highest BCUT2D eigenvalue weighted by molar-refractivity contribution is 7.99. The molecular formula is C15H20ClNO3S. The van der Waals surface area contributed by atoms with Gasteiger partial charge in [-0.25, -0.2) is 0 Å². The van der Waals surface area contributed by atoms with Crippen LogP contribution in [0.2, 0.25) is 5.02 Å². The van der Waals surface area contributed by atoms with Crippen molar-refractivity contribution in [3.8, 4) is 0 Å². The molecule has 0 aromatic heterocycles. The van der Waals surface area contributed by atoms with Gasteiger partial charge >= 0.3 is 5.97 Å². The van der Waals surface area contributed by atoms with Gasteiger partial charge in [-0.3, -0.25) is 9.59 Å². The molecule has 0 aliphatic rings. The Bertz CT molecular complexity index is 464. The van der Waals surface area contributed by atoms with Crippen molar-refractivity contribution < 1.29 is 14.7 Å². The third kappa shape index (κ3) is 7.39. The highest BCUT2D eigenvalue weighted by Crippen LogP contribution is 2.15. The summed E-state index contributed by atoms with van der Waals surface area (Å²) in [7, 11) is 0. The topological polar surface area (TPSA) is 66.4 Å². The minimum absolute atomic E-state index is 0.128. The number of hydrogen-bond donors (Lipinski definition) is 2. The highest BCUT2D eigenvalue weighted by atomic mass is 35.5. The molecule has 1 aromatic rings. The van der Waals surface area contributed by atoms with Crippen LogP contribution >= 0.6 is 23.4 Å². The number of thioether (sulfide) groups is 1. The molecule has 2 N–H and O–H groups in total. The molecule has 0 radical (unpaired) electrons. The summed E-state index contributed by atoms with van der Waals surface area (Å²) in [6.07, 6.45) is 1.37. The predicted molar refractivity (Wildman–Crippen MR) is 86.7 cm³/mol. The first-order chi connectivity index (χ1) is 10.0. The second-order valence-electron chi connectivity index (χ2n) is 4.75. The van der Waals surface area contributed by atoms with Crippen molar-refractivity contribution in [3.05, 3.63) is 34.9 Å². The van der Waals surface area contributed by atoms with Gasteiger partial charge in [0, 0.05) is 17.3 Å². The first-order valence-corrected chi connectivity index (χ1v) is 8.38. The lowest BCUT2D eigenvalue weighted by molar-refractivity contribution is -0.141. The molecule has 0 fully saturated rings. The molecule has 0 bridgehead atoms. The standard InChI is InChI=1S/C15H20ClNO3S/c1-2-3-12(15(19)20)8-17-14(18)10-21-9-11-4-6-13(16)7-5-11/h4-7,12H,2-3,8-10H2,1H3,(H,17,18)(H,19,20). The molecule has 0 saturated heterocycles. The molecule has 0 saturated carbocycles. The van der Waals surface area contributed by atoms with Gasteiger partial charge in [0.05, 0.1) is 11.7 Å². The SMILES string of the molecule is CCCC(CNC(=O)CSCc1ccc(Cl)cc1)C(=O)O. The highest BCUT2D eigenvalue weighted by Gasteiger charge is 2.16. The molecule has 0 spiro atoms. The van der Waals surface area contributed by atoms with E-state index in [9.17, 15) is 9.59 Å². The van der Waals surface area contributed by atoms with E-state index in [1.807, 2.05) is 31.2 Å². The van der Waals surface area contributed by atoms with E-state index in [-0.39, 0.29) is 12.5 Å². The summed E-state index contributed by atoms with van der Waals surface area (Å²) < 4.78 is 0. The Kier molecular flexibility index (Phi) is 8.23. The molecule has 116 valence electrons. The summed E-state index contributed by atoms with van der Waals surface area (Å²) in [6, 6.07) is 7.49. The summed E-state index contributed by atoms with van der Waals surface area (Å²) in [4.78, 5) is 22.6. The van der Waals surface area contributed by atoms with E-state index in [0.717, 1.165) is 17.7 Å². The van der Waals surface area contributed by atoms with Gasteiger partial charge in [-0.05, 0) is 24.1 Å². The van der Waals surface area contributed by atoms with E-state index in [1.165, 1.54) is 11.8 Å². The molecule has 0 aliphatic heterocycles. The van der Waals surface area contributed by atoms with Gasteiger partial charge in [-0.2, -0.15) is 0 Å². The second-order valence-corrected chi connectivity index (χ2v) is 6.17. The number of carboxylic acids is 1. The maximum absolute atomic E-state index is 11.7. The zero-order valence-corrected chi connectivity index (χ0v) is 13.5. The van der Waals surface area contributed by atoms with Crippen molar-refractivity contribution in [2.45, 2.75) is 25.5 Å². The minimum Gasteiger partial charge on any atom is -0.481 e. The van der Waals surface area contributed by atoms with E-state index in [2.05, 4.69) is 5.32 Å². The monoisotopic (exact) mass is 329 g/mol. The number of carbonyl (C=O) groups excluding carboxylic acids is 1. The predicted octanol–water partition coefficient (Wildman–Crippen LogP) is 3.19. The van der Waals surface area contributed by atoms with Gasteiger partial charge in [-0.1, -0.05) is 37.1 Å². The van der Waals surface area contributed by atoms with Crippen LogP contribution in [0.25, 0.3) is 0 Å². The molecule has 1 aromatic carbocycles. The zero-order valence-electron chi connectivity index (χ0n) is 12.0. The van der Waals surface area contributed by atoms with Gasteiger partial charge in [-0.15, -0.1) is 11.8 Å². The van der Waals surface area contributed by atoms with Crippen LogP contribution < -0.4 is 5.32 Å². The van der Waals surface area contributed by atoms with E-state index in [4.69, 9.17) is 16.7 Å². The number of benzene rings is 1. The Hall–Kier alpha value is -1.20. The summed E-state index contributed by atoms with van der Waals surface area (Å²) >= 11 is 7.29. The molecule has 1 amide bonds. The number of amides is 1. The van der Waals surface area contributed by atoms with Gasteiger partial charge in [0.1, 0.15) is 0 Å². The number of rotatable bonds is 9. The normalized spacial score (nSPS) is 11.9. The fraction of sp³-hybridized carbons (Fsp3) is 0.467. The lowest BCUT2D eigenvalue weighted by atomic mass is 10.0. The molecule has 4 nitrogen and oxygen atoms in total. The maximum atomic E-state index is 11.7. The van der Waals surface area contributed by atoms with Crippen LogP contribution in [0.1, 0.15) is 25.3 Å². The van der Waals surface area contributed by atoms with Gasteiger partial charge in [0.15, 0.2) is 0 Å². The van der Waals surface area contributed by atoms with Gasteiger partial charge in [0.25, 0.3) is 0 Å². The number of halogens is 1. The van der Waals surface area contributed by atoms with Gasteiger partial charge in [0.2, 0.25) is 5.91 Å². The lowest BCUT2D eigenvalue weighted by Crippen LogP contribution is -2.33. The number of nitrogens with one attached hydrogen (secondary N) is 1. The van der Waals surface area contributed by atoms with E-state index in [0.29, 0.717) is 17.2 Å². The van der Waals surface area contributed by atoms with Crippen LogP contribution in [0.4, 0.5) is 0 Å². The summed E-state index contributed by atoms with van der Waals surface area (Å²) in [6.45, 7) is 2.13. The van der Waals surface area contributed by atoms with Crippen LogP contribution in [-0.2, 0) is 15.3 Å². The summed E-state index contributed by atoms with van der Waals surface area (Å²) in [5.41, 5.74) is 1.10. The molecule has 1 unspecified atom stereocenters. The third-order valence-corrected chi connectivity index (χ3v) is 4.20. The maximum Gasteiger partial charge on any atom is 0.308 e. The first kappa shape index (κ1) is 17.9. The molecule has 0 heterocycles. The average Bonchev–Trinajstić information content (AvgIpc) is 2.45. The first-order valence-electron chi connectivity index (χ1n) is 6.84. The van der Waals surface area contributed by atoms with Crippen molar-refractivity contribution in [2.24, 2.45) is 5.92 Å². The van der Waals surface area contributed by atoms with Crippen molar-refractivity contribution in [1.29, 1.82) is 0 Å². The molecular weight excluding hydrogens is 310 g/mol. The Morgan fingerprint density at radius 1 is 1.33 bits per heavy atom. The van der Waals surface area contributed by atoms with Crippen molar-refractivity contribution >= 4 is 35.2 Å². The molecule has 0 aliphatic carbocycles. The van der Waals surface area contributed by atoms with Crippen LogP contribution in [0.3, 0.4) is 0 Å². The Morgan fingerprint density at radius 2 is 2.00 bits per heavy atom. The molecule has 1 atom stereocenters. The number of carbonyl (C=O) groups is 2. The molecule has 21 heavy (non-hydrogen) atoms. The second kappa shape index (κ2) is 9.68. The van der Waals surface area contributed by atoms with E-state index < -0.39 is 11.9 Å². The number of aliphatic carboxylic acids is 1. The summed E-state index contributed by atoms with van der Waals surface area (Å²) in [5, 5.41) is 12.4. The fourth-order valence-electron chi connectivity index (χ4n) is 1.79. The quantitative estimate of drug-likeness (QED) is 0.730. The molecule has 1 rings (SSSR count). The Morgan fingerprint density at radius 3 is 2.57 bits per heavy atom. The van der Waals surface area contributed by atoms with Gasteiger partial charge < -0.3 is 10.4 Å². The van der Waals surface area contributed by atoms with E-state index in [1.54, 1.807) is 0 Å². The fourth-order valence-corrected chi connectivity index (χ4v) is 2.74. The van der Waals surface area contributed by atoms with Crippen LogP contribution in [-0.4, -0.2) is 29.3 Å². The van der Waals surface area contributed by atoms with Crippen LogP contribution in [0.15, 0.2) is 24.3 Å². The van der Waals surface area contributed by atoms with Crippen molar-refractivity contribution in [1.82, 2.24) is 5.32 Å². The molecule has 6 heteroatoms. The van der Waals surface area contributed by atoms with Crippen LogP contribution in [0, 0.1) is 5.92 Å². The Labute approximate surface area is 134 Å². The smallest absolute Gasteiger partial charge is 0.308 e. The zero-order chi connectivity index (χ0) is 15.7. The summed E-state index contributed by atoms with van der Waals surface area (Å²) in [5.74, 6) is -0.439. The van der Waals surface area contributed by atoms with Crippen molar-refractivity contribution in [2.75, 3.05) is 12.3 Å². The Balaban J connectivity index is 2.24. The van der Waals surface area contributed by atoms with Crippen LogP contribution in [0.5, 0.6) is 0 Å². The largest absolute Gasteiger partial charge is 0.481 e. The third-order valence-electron chi connectivity index (χ3n) is 2.95. The minimum atomic E-state index is -0.856.